The number of nitrogens with one attached hydrogen (secondary N) is 1. The molecule has 0 spiro atoms. The van der Waals surface area contributed by atoms with Crippen LogP contribution in [0.3, 0.4) is 0 Å². The van der Waals surface area contributed by atoms with Gasteiger partial charge in [0.05, 0.1) is 13.1 Å². The summed E-state index contributed by atoms with van der Waals surface area (Å²) >= 11 is 9.01. The molecule has 6 nitrogen and oxygen atoms in total. The van der Waals surface area contributed by atoms with Gasteiger partial charge in [-0.05, 0) is 64.5 Å². The standard InChI is InChI=1S/C19H16BrClN2O4/c1-23(18(24)10-22-19(25)16-8-9-17(20)27-16)11-14-6-7-15(26-14)12-2-4-13(21)5-3-12/h2-9H,10-11H2,1H3,(H,22,25). The summed E-state index contributed by atoms with van der Waals surface area (Å²) in [7, 11) is 1.64. The number of benzene rings is 1. The first-order chi connectivity index (χ1) is 12.9. The van der Waals surface area contributed by atoms with Gasteiger partial charge in [0.15, 0.2) is 10.4 Å². The zero-order valence-corrected chi connectivity index (χ0v) is 16.7. The molecule has 0 atom stereocenters. The van der Waals surface area contributed by atoms with E-state index in [2.05, 4.69) is 21.2 Å². The Bertz CT molecular complexity index is 949. The van der Waals surface area contributed by atoms with E-state index < -0.39 is 5.91 Å². The summed E-state index contributed by atoms with van der Waals surface area (Å²) in [5, 5.41) is 3.18. The second-order valence-corrected chi connectivity index (χ2v) is 7.03. The minimum atomic E-state index is -0.453. The molecule has 0 saturated heterocycles. The Labute approximate surface area is 169 Å². The Balaban J connectivity index is 1.53. The molecular formula is C19H16BrClN2O4. The van der Waals surface area contributed by atoms with Gasteiger partial charge in [-0.15, -0.1) is 0 Å². The molecule has 2 amide bonds. The van der Waals surface area contributed by atoms with Gasteiger partial charge in [-0.3, -0.25) is 9.59 Å². The Morgan fingerprint density at radius 1 is 1.07 bits per heavy atom. The fourth-order valence-electron chi connectivity index (χ4n) is 2.37. The van der Waals surface area contributed by atoms with E-state index in [0.29, 0.717) is 21.2 Å². The first-order valence-electron chi connectivity index (χ1n) is 8.04. The van der Waals surface area contributed by atoms with E-state index in [1.807, 2.05) is 24.3 Å². The number of amides is 2. The van der Waals surface area contributed by atoms with Crippen LogP contribution in [0.1, 0.15) is 16.3 Å². The lowest BCUT2D eigenvalue weighted by Gasteiger charge is -2.15. The highest BCUT2D eigenvalue weighted by Gasteiger charge is 2.15. The number of likely N-dealkylation sites (N-methyl/N-ethyl adjacent to an activating group) is 1. The Morgan fingerprint density at radius 3 is 2.48 bits per heavy atom. The molecular weight excluding hydrogens is 436 g/mol. The molecule has 27 heavy (non-hydrogen) atoms. The van der Waals surface area contributed by atoms with Gasteiger partial charge in [-0.2, -0.15) is 0 Å². The molecule has 3 rings (SSSR count). The molecule has 0 saturated carbocycles. The fraction of sp³-hybridized carbons (Fsp3) is 0.158. The molecule has 8 heteroatoms. The molecule has 3 aromatic rings. The number of carbonyl (C=O) groups is 2. The number of carbonyl (C=O) groups excluding carboxylic acids is 2. The summed E-state index contributed by atoms with van der Waals surface area (Å²) in [6.07, 6.45) is 0. The fourth-order valence-corrected chi connectivity index (χ4v) is 2.80. The normalized spacial score (nSPS) is 10.6. The molecule has 0 aliphatic heterocycles. The van der Waals surface area contributed by atoms with E-state index in [4.69, 9.17) is 20.4 Å². The van der Waals surface area contributed by atoms with Crippen molar-refractivity contribution in [3.63, 3.8) is 0 Å². The van der Waals surface area contributed by atoms with Crippen LogP contribution >= 0.6 is 27.5 Å². The molecule has 0 radical (unpaired) electrons. The predicted octanol–water partition coefficient (Wildman–Crippen LogP) is 4.34. The van der Waals surface area contributed by atoms with Crippen molar-refractivity contribution in [2.75, 3.05) is 13.6 Å². The van der Waals surface area contributed by atoms with E-state index in [0.717, 1.165) is 5.56 Å². The lowest BCUT2D eigenvalue weighted by atomic mass is 10.2. The third-order valence-electron chi connectivity index (χ3n) is 3.81. The summed E-state index contributed by atoms with van der Waals surface area (Å²) in [4.78, 5) is 25.6. The van der Waals surface area contributed by atoms with E-state index in [-0.39, 0.29) is 24.8 Å². The third-order valence-corrected chi connectivity index (χ3v) is 4.48. The van der Waals surface area contributed by atoms with Crippen LogP contribution in [0.25, 0.3) is 11.3 Å². The second-order valence-electron chi connectivity index (χ2n) is 5.81. The molecule has 0 fully saturated rings. The topological polar surface area (TPSA) is 75.7 Å². The van der Waals surface area contributed by atoms with Gasteiger partial charge in [0.1, 0.15) is 11.5 Å². The average molecular weight is 452 g/mol. The first kappa shape index (κ1) is 19.3. The molecule has 2 aromatic heterocycles. The highest BCUT2D eigenvalue weighted by atomic mass is 79.9. The van der Waals surface area contributed by atoms with Crippen LogP contribution in [-0.4, -0.2) is 30.3 Å². The highest BCUT2D eigenvalue weighted by Crippen LogP contribution is 2.24. The van der Waals surface area contributed by atoms with Gasteiger partial charge in [-0.1, -0.05) is 11.6 Å². The van der Waals surface area contributed by atoms with Gasteiger partial charge in [0.2, 0.25) is 5.91 Å². The SMILES string of the molecule is CN(Cc1ccc(-c2ccc(Cl)cc2)o1)C(=O)CNC(=O)c1ccc(Br)o1. The summed E-state index contributed by atoms with van der Waals surface area (Å²) in [6, 6.07) is 14.1. The van der Waals surface area contributed by atoms with Crippen molar-refractivity contribution >= 4 is 39.3 Å². The second kappa shape index (κ2) is 8.45. The monoisotopic (exact) mass is 450 g/mol. The minimum absolute atomic E-state index is 0.135. The Morgan fingerprint density at radius 2 is 1.81 bits per heavy atom. The number of rotatable bonds is 6. The third kappa shape index (κ3) is 5.02. The lowest BCUT2D eigenvalue weighted by molar-refractivity contribution is -0.129. The molecule has 0 bridgehead atoms. The van der Waals surface area contributed by atoms with E-state index in [1.165, 1.54) is 11.0 Å². The van der Waals surface area contributed by atoms with Crippen LogP contribution in [0.2, 0.25) is 5.02 Å². The summed E-state index contributed by atoms with van der Waals surface area (Å²) in [6.45, 7) is 0.146. The largest absolute Gasteiger partial charge is 0.459 e. The van der Waals surface area contributed by atoms with Gasteiger partial charge < -0.3 is 19.1 Å². The lowest BCUT2D eigenvalue weighted by Crippen LogP contribution is -2.37. The summed E-state index contributed by atoms with van der Waals surface area (Å²) < 4.78 is 11.4. The zero-order valence-electron chi connectivity index (χ0n) is 14.4. The van der Waals surface area contributed by atoms with E-state index in [1.54, 1.807) is 25.2 Å². The van der Waals surface area contributed by atoms with Crippen molar-refractivity contribution in [2.45, 2.75) is 6.54 Å². The maximum absolute atomic E-state index is 12.2. The Kier molecular flexibility index (Phi) is 6.03. The molecule has 1 aromatic carbocycles. The van der Waals surface area contributed by atoms with E-state index in [9.17, 15) is 9.59 Å². The van der Waals surface area contributed by atoms with Crippen molar-refractivity contribution in [1.82, 2.24) is 10.2 Å². The Hall–Kier alpha value is -2.51. The average Bonchev–Trinajstić information content (AvgIpc) is 3.29. The van der Waals surface area contributed by atoms with Gasteiger partial charge in [0.25, 0.3) is 5.91 Å². The van der Waals surface area contributed by atoms with Crippen LogP contribution in [0.15, 0.2) is 62.0 Å². The molecule has 0 aliphatic carbocycles. The molecule has 0 aliphatic rings. The summed E-state index contributed by atoms with van der Waals surface area (Å²) in [5.41, 5.74) is 0.900. The number of nitrogens with zero attached hydrogens (tertiary/aromatic N) is 1. The zero-order chi connectivity index (χ0) is 19.4. The van der Waals surface area contributed by atoms with Crippen LogP contribution in [0.4, 0.5) is 0 Å². The van der Waals surface area contributed by atoms with Crippen LogP contribution < -0.4 is 5.32 Å². The van der Waals surface area contributed by atoms with Gasteiger partial charge in [-0.25, -0.2) is 0 Å². The maximum Gasteiger partial charge on any atom is 0.287 e. The number of halogens is 2. The van der Waals surface area contributed by atoms with Crippen molar-refractivity contribution in [2.24, 2.45) is 0 Å². The van der Waals surface area contributed by atoms with Crippen LogP contribution in [0.5, 0.6) is 0 Å². The molecule has 0 unspecified atom stereocenters. The van der Waals surface area contributed by atoms with Crippen molar-refractivity contribution in [3.05, 3.63) is 69.7 Å². The quantitative estimate of drug-likeness (QED) is 0.605. The van der Waals surface area contributed by atoms with Crippen molar-refractivity contribution < 1.29 is 18.4 Å². The highest BCUT2D eigenvalue weighted by molar-refractivity contribution is 9.10. The predicted molar refractivity (Wildman–Crippen MR) is 104 cm³/mol. The number of hydrogen-bond donors (Lipinski definition) is 1. The molecule has 2 heterocycles. The van der Waals surface area contributed by atoms with Crippen molar-refractivity contribution in [1.29, 1.82) is 0 Å². The maximum atomic E-state index is 12.2. The van der Waals surface area contributed by atoms with Crippen molar-refractivity contribution in [3.8, 4) is 11.3 Å². The van der Waals surface area contributed by atoms with Gasteiger partial charge in [0, 0.05) is 17.6 Å². The smallest absolute Gasteiger partial charge is 0.287 e. The minimum Gasteiger partial charge on any atom is -0.459 e. The number of furan rings is 2. The number of hydrogen-bond acceptors (Lipinski definition) is 4. The van der Waals surface area contributed by atoms with E-state index >= 15 is 0 Å². The van der Waals surface area contributed by atoms with Gasteiger partial charge >= 0.3 is 0 Å². The van der Waals surface area contributed by atoms with Crippen LogP contribution in [0, 0.1) is 0 Å². The van der Waals surface area contributed by atoms with Crippen LogP contribution in [-0.2, 0) is 11.3 Å². The summed E-state index contributed by atoms with van der Waals surface area (Å²) in [5.74, 6) is 0.760. The first-order valence-corrected chi connectivity index (χ1v) is 9.21. The molecule has 1 N–H and O–H groups in total. The molecule has 140 valence electrons.